The third-order valence-electron chi connectivity index (χ3n) is 7.42. The Balaban J connectivity index is 1.65. The van der Waals surface area contributed by atoms with Gasteiger partial charge in [-0.05, 0) is 0 Å². The molecule has 0 spiro atoms. The first-order valence-electron chi connectivity index (χ1n) is 12.9. The van der Waals surface area contributed by atoms with Crippen LogP contribution in [-0.4, -0.2) is 198 Å². The zero-order chi connectivity index (χ0) is 30.2. The number of hydrogen-bond donors (Lipinski definition) is 12. The molecule has 0 aliphatic carbocycles. The van der Waals surface area contributed by atoms with Crippen LogP contribution >= 0.6 is 0 Å². The number of ether oxygens (including phenoxy) is 7. The molecule has 4 aliphatic rings. The van der Waals surface area contributed by atoms with Gasteiger partial charge in [0.1, 0.15) is 85.5 Å². The molecule has 0 amide bonds. The van der Waals surface area contributed by atoms with E-state index in [1.807, 2.05) is 0 Å². The van der Waals surface area contributed by atoms with E-state index in [1.165, 1.54) is 0 Å². The van der Waals surface area contributed by atoms with Crippen LogP contribution in [0.4, 0.5) is 0 Å². The van der Waals surface area contributed by atoms with Crippen molar-refractivity contribution in [3.8, 4) is 0 Å². The van der Waals surface area contributed by atoms with E-state index in [0.29, 0.717) is 0 Å². The van der Waals surface area contributed by atoms with Crippen molar-refractivity contribution in [1.82, 2.24) is 0 Å². The van der Waals surface area contributed by atoms with Crippen LogP contribution in [0.3, 0.4) is 0 Å². The summed E-state index contributed by atoms with van der Waals surface area (Å²) in [5, 5.41) is 122. The van der Waals surface area contributed by atoms with Crippen LogP contribution in [-0.2, 0) is 33.2 Å². The van der Waals surface area contributed by atoms with Gasteiger partial charge in [0.05, 0.1) is 26.4 Å². The fourth-order valence-electron chi connectivity index (χ4n) is 4.95. The van der Waals surface area contributed by atoms with Crippen LogP contribution in [0.1, 0.15) is 0 Å². The maximum absolute atomic E-state index is 11.0. The lowest BCUT2D eigenvalue weighted by Gasteiger charge is -2.49. The van der Waals surface area contributed by atoms with Crippen LogP contribution in [0.25, 0.3) is 0 Å². The molecule has 12 N–H and O–H groups in total. The van der Waals surface area contributed by atoms with E-state index in [-0.39, 0.29) is 0 Å². The van der Waals surface area contributed by atoms with Crippen LogP contribution < -0.4 is 0 Å². The topological polar surface area (TPSA) is 307 Å². The predicted octanol–water partition coefficient (Wildman–Crippen LogP) is -8.47. The van der Waals surface area contributed by atoms with Crippen LogP contribution in [0.15, 0.2) is 0 Å². The smallest absolute Gasteiger partial charge is 0.187 e. The van der Waals surface area contributed by atoms with Crippen molar-refractivity contribution < 1.29 is 94.4 Å². The Morgan fingerprint density at radius 2 is 0.951 bits per heavy atom. The molecule has 19 nitrogen and oxygen atoms in total. The summed E-state index contributed by atoms with van der Waals surface area (Å²) < 4.78 is 38.4. The standard InChI is InChI=1S/C22H38O19/c23-1-7-11(29)17(40-20-14(32)9(27)5(25)3-35-20)18(41-21-15(33)10(28)6(26)4-36-21)22(38-7)39-16-8(2-24)37-19(34)13(31)12(16)30/h5-34H,1-4H2/t5-,6-,7-,8-,9+,10+,11-,12-,13-,14-,15-,16+,17+,18-,19?,20+,21+,22+/m1/s1. The van der Waals surface area contributed by atoms with E-state index in [4.69, 9.17) is 33.2 Å². The van der Waals surface area contributed by atoms with Crippen molar-refractivity contribution in [1.29, 1.82) is 0 Å². The number of aliphatic hydroxyl groups excluding tert-OH is 12. The van der Waals surface area contributed by atoms with E-state index >= 15 is 0 Å². The fraction of sp³-hybridized carbons (Fsp3) is 1.00. The summed E-state index contributed by atoms with van der Waals surface area (Å²) in [7, 11) is 0. The van der Waals surface area contributed by atoms with E-state index in [9.17, 15) is 61.3 Å². The zero-order valence-corrected chi connectivity index (χ0v) is 21.4. The van der Waals surface area contributed by atoms with Gasteiger partial charge >= 0.3 is 0 Å². The Labute approximate surface area is 232 Å². The first kappa shape index (κ1) is 33.1. The van der Waals surface area contributed by atoms with E-state index in [2.05, 4.69) is 0 Å². The minimum Gasteiger partial charge on any atom is -0.394 e. The Morgan fingerprint density at radius 1 is 0.463 bits per heavy atom. The van der Waals surface area contributed by atoms with Gasteiger partial charge in [-0.15, -0.1) is 0 Å². The van der Waals surface area contributed by atoms with E-state index < -0.39 is 137 Å². The molecule has 0 radical (unpaired) electrons. The van der Waals surface area contributed by atoms with Crippen molar-refractivity contribution in [2.24, 2.45) is 0 Å². The summed E-state index contributed by atoms with van der Waals surface area (Å²) in [6.45, 7) is -2.68. The van der Waals surface area contributed by atoms with Gasteiger partial charge in [-0.3, -0.25) is 0 Å². The van der Waals surface area contributed by atoms with Crippen LogP contribution in [0.2, 0.25) is 0 Å². The molecular formula is C22H38O19. The summed E-state index contributed by atoms with van der Waals surface area (Å²) in [5.41, 5.74) is 0. The zero-order valence-electron chi connectivity index (χ0n) is 21.4. The number of aliphatic hydroxyl groups is 12. The summed E-state index contributed by atoms with van der Waals surface area (Å²) >= 11 is 0. The second kappa shape index (κ2) is 13.9. The van der Waals surface area contributed by atoms with Gasteiger partial charge in [0, 0.05) is 0 Å². The fourth-order valence-corrected chi connectivity index (χ4v) is 4.95. The highest BCUT2D eigenvalue weighted by Crippen LogP contribution is 2.34. The highest BCUT2D eigenvalue weighted by Gasteiger charge is 2.55. The van der Waals surface area contributed by atoms with Gasteiger partial charge < -0.3 is 94.4 Å². The lowest BCUT2D eigenvalue weighted by atomic mass is 9.96. The Hall–Kier alpha value is -0.760. The summed E-state index contributed by atoms with van der Waals surface area (Å²) in [4.78, 5) is 0. The third-order valence-corrected chi connectivity index (χ3v) is 7.42. The third kappa shape index (κ3) is 6.83. The van der Waals surface area contributed by atoms with Gasteiger partial charge in [-0.1, -0.05) is 0 Å². The maximum atomic E-state index is 11.0. The first-order valence-corrected chi connectivity index (χ1v) is 12.9. The summed E-state index contributed by atoms with van der Waals surface area (Å²) in [6.07, 6.45) is -30.9. The molecule has 0 aromatic rings. The molecule has 41 heavy (non-hydrogen) atoms. The minimum absolute atomic E-state index is 0.490. The molecule has 0 bridgehead atoms. The SMILES string of the molecule is OC[C@H]1O[C@@H](O[C@@H]2[C@H](O)[C@@H](O)C(O)O[C@@H]2CO)[C@H](O[C@@H]2OC[C@@H](O)[C@H](O)[C@H]2O)[C@@H](O[C@@H]2OC[C@@H](O)[C@H](O)[C@H]2O)[C@@H]1O. The molecular weight excluding hydrogens is 568 g/mol. The van der Waals surface area contributed by atoms with Gasteiger partial charge in [0.2, 0.25) is 0 Å². The average Bonchev–Trinajstić information content (AvgIpc) is 2.95. The van der Waals surface area contributed by atoms with Crippen molar-refractivity contribution in [2.45, 2.75) is 111 Å². The molecule has 4 rings (SSSR count). The van der Waals surface area contributed by atoms with Gasteiger partial charge in [0.15, 0.2) is 25.2 Å². The van der Waals surface area contributed by atoms with E-state index in [0.717, 1.165) is 0 Å². The average molecular weight is 607 g/mol. The molecule has 0 aromatic heterocycles. The van der Waals surface area contributed by atoms with Crippen LogP contribution in [0.5, 0.6) is 0 Å². The Bertz CT molecular complexity index is 822. The van der Waals surface area contributed by atoms with Gasteiger partial charge in [-0.25, -0.2) is 0 Å². The molecule has 0 saturated carbocycles. The molecule has 4 aliphatic heterocycles. The molecule has 1 unspecified atom stereocenters. The molecule has 19 heteroatoms. The molecule has 4 saturated heterocycles. The minimum atomic E-state index is -1.91. The summed E-state index contributed by atoms with van der Waals surface area (Å²) in [5.74, 6) is 0. The second-order valence-corrected chi connectivity index (χ2v) is 10.2. The monoisotopic (exact) mass is 606 g/mol. The van der Waals surface area contributed by atoms with Gasteiger partial charge in [-0.2, -0.15) is 0 Å². The largest absolute Gasteiger partial charge is 0.394 e. The Morgan fingerprint density at radius 3 is 1.46 bits per heavy atom. The molecule has 0 aromatic carbocycles. The quantitative estimate of drug-likeness (QED) is 0.122. The molecule has 4 fully saturated rings. The predicted molar refractivity (Wildman–Crippen MR) is 122 cm³/mol. The highest BCUT2D eigenvalue weighted by molar-refractivity contribution is 4.97. The Kier molecular flexibility index (Phi) is 11.2. The van der Waals surface area contributed by atoms with Crippen molar-refractivity contribution in [3.05, 3.63) is 0 Å². The normalized spacial score (nSPS) is 53.3. The number of rotatable bonds is 8. The lowest BCUT2D eigenvalue weighted by molar-refractivity contribution is -0.397. The molecule has 240 valence electrons. The highest BCUT2D eigenvalue weighted by atomic mass is 16.8. The first-order chi connectivity index (χ1) is 19.4. The number of hydrogen-bond acceptors (Lipinski definition) is 19. The van der Waals surface area contributed by atoms with Gasteiger partial charge in [0.25, 0.3) is 0 Å². The van der Waals surface area contributed by atoms with Crippen LogP contribution in [0, 0.1) is 0 Å². The van der Waals surface area contributed by atoms with Crippen molar-refractivity contribution in [3.63, 3.8) is 0 Å². The maximum Gasteiger partial charge on any atom is 0.187 e. The summed E-state index contributed by atoms with van der Waals surface area (Å²) in [6, 6.07) is 0. The van der Waals surface area contributed by atoms with E-state index in [1.54, 1.807) is 0 Å². The second-order valence-electron chi connectivity index (χ2n) is 10.2. The van der Waals surface area contributed by atoms with Crippen molar-refractivity contribution >= 4 is 0 Å². The molecule has 18 atom stereocenters. The van der Waals surface area contributed by atoms with Crippen molar-refractivity contribution in [2.75, 3.05) is 26.4 Å². The molecule has 4 heterocycles. The lowest BCUT2D eigenvalue weighted by Crippen LogP contribution is -2.67.